The van der Waals surface area contributed by atoms with Gasteiger partial charge < -0.3 is 4.90 Å². The fourth-order valence-electron chi connectivity index (χ4n) is 4.39. The number of piperazine rings is 1. The van der Waals surface area contributed by atoms with Gasteiger partial charge in [-0.3, -0.25) is 9.80 Å². The second kappa shape index (κ2) is 9.35. The minimum Gasteiger partial charge on any atom is -0.369 e. The molecule has 0 amide bonds. The molecule has 1 atom stereocenters. The number of benzene rings is 2. The van der Waals surface area contributed by atoms with Crippen LogP contribution in [0.4, 0.5) is 10.1 Å². The number of anilines is 1. The van der Waals surface area contributed by atoms with Gasteiger partial charge in [0.05, 0.1) is 0 Å². The molecular weight excluding hydrogens is 349 g/mol. The molecule has 4 heteroatoms. The Morgan fingerprint density at radius 1 is 0.893 bits per heavy atom. The summed E-state index contributed by atoms with van der Waals surface area (Å²) in [6.07, 6.45) is 6.89. The lowest BCUT2D eigenvalue weighted by atomic mass is 10.0. The second-order valence-corrected chi connectivity index (χ2v) is 7.87. The van der Waals surface area contributed by atoms with Crippen molar-refractivity contribution in [2.45, 2.75) is 18.9 Å². The van der Waals surface area contributed by atoms with E-state index in [9.17, 15) is 4.39 Å². The van der Waals surface area contributed by atoms with Crippen LogP contribution in [-0.4, -0.2) is 61.7 Å². The Bertz CT molecular complexity index is 751. The molecule has 2 saturated heterocycles. The molecule has 2 fully saturated rings. The Balaban J connectivity index is 1.25. The predicted molar refractivity (Wildman–Crippen MR) is 115 cm³/mol. The molecule has 148 valence electrons. The van der Waals surface area contributed by atoms with E-state index in [4.69, 9.17) is 0 Å². The van der Waals surface area contributed by atoms with Crippen molar-refractivity contribution in [3.8, 4) is 0 Å². The summed E-state index contributed by atoms with van der Waals surface area (Å²) in [5.74, 6) is -0.177. The van der Waals surface area contributed by atoms with E-state index in [-0.39, 0.29) is 5.82 Å². The first-order valence-electron chi connectivity index (χ1n) is 10.5. The molecule has 0 aromatic heterocycles. The Morgan fingerprint density at radius 2 is 1.64 bits per heavy atom. The summed E-state index contributed by atoms with van der Waals surface area (Å²) < 4.78 is 13.0. The van der Waals surface area contributed by atoms with Crippen LogP contribution in [0, 0.1) is 5.82 Å². The van der Waals surface area contributed by atoms with Crippen LogP contribution in [0.3, 0.4) is 0 Å². The first-order chi connectivity index (χ1) is 13.8. The highest BCUT2D eigenvalue weighted by Gasteiger charge is 2.27. The molecule has 1 unspecified atom stereocenters. The van der Waals surface area contributed by atoms with Gasteiger partial charge in [0.15, 0.2) is 0 Å². The van der Waals surface area contributed by atoms with Crippen molar-refractivity contribution in [1.82, 2.24) is 9.80 Å². The summed E-state index contributed by atoms with van der Waals surface area (Å²) in [6, 6.07) is 18.1. The second-order valence-electron chi connectivity index (χ2n) is 7.87. The van der Waals surface area contributed by atoms with Gasteiger partial charge in [0.1, 0.15) is 5.82 Å². The number of para-hydroxylation sites is 1. The van der Waals surface area contributed by atoms with E-state index in [2.05, 4.69) is 57.2 Å². The van der Waals surface area contributed by atoms with Crippen LogP contribution in [0.15, 0.2) is 60.7 Å². The maximum Gasteiger partial charge on any atom is 0.123 e. The average molecular weight is 380 g/mol. The van der Waals surface area contributed by atoms with Gasteiger partial charge >= 0.3 is 0 Å². The molecule has 2 aliphatic heterocycles. The van der Waals surface area contributed by atoms with Gasteiger partial charge in [-0.05, 0) is 49.2 Å². The summed E-state index contributed by atoms with van der Waals surface area (Å²) >= 11 is 0. The molecule has 2 heterocycles. The molecule has 4 rings (SSSR count). The van der Waals surface area contributed by atoms with Crippen LogP contribution in [-0.2, 0) is 0 Å². The lowest BCUT2D eigenvalue weighted by Crippen LogP contribution is -2.55. The maximum atomic E-state index is 13.0. The van der Waals surface area contributed by atoms with Crippen molar-refractivity contribution >= 4 is 11.8 Å². The third kappa shape index (κ3) is 5.00. The van der Waals surface area contributed by atoms with Crippen molar-refractivity contribution in [1.29, 1.82) is 0 Å². The fraction of sp³-hybridized carbons (Fsp3) is 0.417. The van der Waals surface area contributed by atoms with Gasteiger partial charge in [-0.15, -0.1) is 0 Å². The number of likely N-dealkylation sites (tertiary alicyclic amines) is 1. The van der Waals surface area contributed by atoms with Gasteiger partial charge in [-0.25, -0.2) is 4.39 Å². The van der Waals surface area contributed by atoms with Gasteiger partial charge in [0.2, 0.25) is 0 Å². The Morgan fingerprint density at radius 3 is 2.39 bits per heavy atom. The normalized spacial score (nSPS) is 22.0. The molecule has 0 aliphatic carbocycles. The number of nitrogens with zero attached hydrogens (tertiary/aromatic N) is 3. The Kier molecular flexibility index (Phi) is 6.40. The van der Waals surface area contributed by atoms with Crippen LogP contribution >= 0.6 is 0 Å². The largest absolute Gasteiger partial charge is 0.369 e. The van der Waals surface area contributed by atoms with E-state index in [1.807, 2.05) is 12.1 Å². The summed E-state index contributed by atoms with van der Waals surface area (Å²) in [5, 5.41) is 0. The zero-order valence-corrected chi connectivity index (χ0v) is 16.5. The summed E-state index contributed by atoms with van der Waals surface area (Å²) in [6.45, 7) is 7.83. The van der Waals surface area contributed by atoms with E-state index in [0.717, 1.165) is 44.8 Å². The molecule has 0 N–H and O–H groups in total. The van der Waals surface area contributed by atoms with Gasteiger partial charge in [0.25, 0.3) is 0 Å². The number of hydrogen-bond acceptors (Lipinski definition) is 3. The molecule has 2 aromatic carbocycles. The quantitative estimate of drug-likeness (QED) is 0.774. The predicted octanol–water partition coefficient (Wildman–Crippen LogP) is 4.13. The molecule has 28 heavy (non-hydrogen) atoms. The fourth-order valence-corrected chi connectivity index (χ4v) is 4.39. The molecule has 2 aliphatic rings. The third-order valence-electron chi connectivity index (χ3n) is 5.98. The van der Waals surface area contributed by atoms with Crippen LogP contribution in [0.25, 0.3) is 6.08 Å². The lowest BCUT2D eigenvalue weighted by Gasteiger charge is -2.43. The average Bonchev–Trinajstić information content (AvgIpc) is 2.76. The van der Waals surface area contributed by atoms with Crippen molar-refractivity contribution in [3.63, 3.8) is 0 Å². The van der Waals surface area contributed by atoms with Crippen LogP contribution < -0.4 is 4.90 Å². The smallest absolute Gasteiger partial charge is 0.123 e. The maximum absolute atomic E-state index is 13.0. The van der Waals surface area contributed by atoms with Crippen LogP contribution in [0.2, 0.25) is 0 Å². The van der Waals surface area contributed by atoms with Gasteiger partial charge in [0, 0.05) is 51.0 Å². The highest BCUT2D eigenvalue weighted by atomic mass is 19.1. The Hall–Kier alpha value is -2.17. The van der Waals surface area contributed by atoms with Gasteiger partial charge in [-0.1, -0.05) is 42.5 Å². The van der Waals surface area contributed by atoms with Crippen LogP contribution in [0.5, 0.6) is 0 Å². The lowest BCUT2D eigenvalue weighted by molar-refractivity contribution is 0.0991. The van der Waals surface area contributed by atoms with Crippen molar-refractivity contribution in [2.24, 2.45) is 0 Å². The number of hydrogen-bond donors (Lipinski definition) is 0. The molecule has 0 bridgehead atoms. The van der Waals surface area contributed by atoms with E-state index in [1.165, 1.54) is 37.2 Å². The van der Waals surface area contributed by atoms with E-state index in [1.54, 1.807) is 0 Å². The molecule has 2 aromatic rings. The van der Waals surface area contributed by atoms with Crippen LogP contribution in [0.1, 0.15) is 18.4 Å². The Labute approximate surface area is 168 Å². The SMILES string of the molecule is Fc1ccc(/C=C/CN2CCCC(N3CCN(c4ccccc4)CC3)C2)cc1. The molecular formula is C24H30FN3. The summed E-state index contributed by atoms with van der Waals surface area (Å²) in [5.41, 5.74) is 2.41. The standard InChI is InChI=1S/C24H30FN3/c25-22-12-10-21(11-13-22)6-4-14-26-15-5-9-24(20-26)28-18-16-27(17-19-28)23-7-2-1-3-8-23/h1-4,6-8,10-13,24H,5,9,14-20H2/b6-4+. The van der Waals surface area contributed by atoms with E-state index in [0.29, 0.717) is 6.04 Å². The zero-order chi connectivity index (χ0) is 19.2. The molecule has 0 saturated carbocycles. The number of halogens is 1. The summed E-state index contributed by atoms with van der Waals surface area (Å²) in [7, 11) is 0. The highest BCUT2D eigenvalue weighted by molar-refractivity contribution is 5.49. The van der Waals surface area contributed by atoms with E-state index >= 15 is 0 Å². The number of rotatable bonds is 5. The zero-order valence-electron chi connectivity index (χ0n) is 16.5. The van der Waals surface area contributed by atoms with Crippen molar-refractivity contribution < 1.29 is 4.39 Å². The van der Waals surface area contributed by atoms with E-state index < -0.39 is 0 Å². The molecule has 3 nitrogen and oxygen atoms in total. The first kappa shape index (κ1) is 19.2. The van der Waals surface area contributed by atoms with Gasteiger partial charge in [-0.2, -0.15) is 0 Å². The third-order valence-corrected chi connectivity index (χ3v) is 5.98. The minimum atomic E-state index is -0.177. The highest BCUT2D eigenvalue weighted by Crippen LogP contribution is 2.21. The van der Waals surface area contributed by atoms with Crippen molar-refractivity contribution in [2.75, 3.05) is 50.7 Å². The molecule has 0 radical (unpaired) electrons. The molecule has 0 spiro atoms. The first-order valence-corrected chi connectivity index (χ1v) is 10.5. The minimum absolute atomic E-state index is 0.177. The number of piperidine rings is 1. The monoisotopic (exact) mass is 379 g/mol. The summed E-state index contributed by atoms with van der Waals surface area (Å²) in [4.78, 5) is 7.75. The topological polar surface area (TPSA) is 9.72 Å². The van der Waals surface area contributed by atoms with Crippen molar-refractivity contribution in [3.05, 3.63) is 72.1 Å².